The predicted molar refractivity (Wildman–Crippen MR) is 113 cm³/mol. The molecule has 1 aromatic heterocycles. The molecule has 150 valence electrons. The zero-order valence-electron chi connectivity index (χ0n) is 16.4. The topological polar surface area (TPSA) is 58.8 Å². The maximum Gasteiger partial charge on any atom is 0.292 e. The number of ether oxygens (including phenoxy) is 1. The van der Waals surface area contributed by atoms with Crippen LogP contribution in [0.3, 0.4) is 0 Å². The third-order valence-corrected chi connectivity index (χ3v) is 5.40. The van der Waals surface area contributed by atoms with Gasteiger partial charge in [-0.05, 0) is 36.8 Å². The monoisotopic (exact) mass is 411 g/mol. The molecule has 0 radical (unpaired) electrons. The molecule has 1 amide bonds. The Morgan fingerprint density at radius 3 is 2.66 bits per heavy atom. The van der Waals surface area contributed by atoms with Gasteiger partial charge in [-0.2, -0.15) is 0 Å². The van der Waals surface area contributed by atoms with Crippen LogP contribution in [-0.4, -0.2) is 49.3 Å². The lowest BCUT2D eigenvalue weighted by atomic mass is 10.1. The molecule has 2 heterocycles. The smallest absolute Gasteiger partial charge is 0.292 e. The van der Waals surface area contributed by atoms with Crippen molar-refractivity contribution in [3.8, 4) is 17.0 Å². The van der Waals surface area contributed by atoms with E-state index >= 15 is 0 Å². The number of hydrogen-bond acceptors (Lipinski definition) is 5. The highest BCUT2D eigenvalue weighted by Gasteiger charge is 2.26. The third-order valence-electron chi connectivity index (χ3n) is 5.17. The largest absolute Gasteiger partial charge is 0.497 e. The van der Waals surface area contributed by atoms with Crippen LogP contribution in [0.4, 0.5) is 5.69 Å². The van der Waals surface area contributed by atoms with Gasteiger partial charge < -0.3 is 19.1 Å². The van der Waals surface area contributed by atoms with Gasteiger partial charge in [-0.1, -0.05) is 35.0 Å². The second kappa shape index (κ2) is 8.17. The summed E-state index contributed by atoms with van der Waals surface area (Å²) >= 11 is 6.15. The zero-order chi connectivity index (χ0) is 20.4. The zero-order valence-corrected chi connectivity index (χ0v) is 17.1. The van der Waals surface area contributed by atoms with Crippen LogP contribution in [0.2, 0.25) is 5.02 Å². The Hall–Kier alpha value is -2.99. The molecule has 1 fully saturated rings. The Morgan fingerprint density at radius 1 is 1.10 bits per heavy atom. The molecular formula is C22H22ClN3O3. The second-order valence-corrected chi connectivity index (χ2v) is 7.45. The van der Waals surface area contributed by atoms with Gasteiger partial charge in [0.1, 0.15) is 11.4 Å². The van der Waals surface area contributed by atoms with E-state index in [2.05, 4.69) is 17.0 Å². The summed E-state index contributed by atoms with van der Waals surface area (Å²) in [5.74, 6) is 0.829. The molecule has 6 nitrogen and oxygen atoms in total. The van der Waals surface area contributed by atoms with Crippen molar-refractivity contribution in [1.82, 2.24) is 10.1 Å². The Kier molecular flexibility index (Phi) is 5.45. The van der Waals surface area contributed by atoms with E-state index in [1.54, 1.807) is 18.1 Å². The first-order valence-corrected chi connectivity index (χ1v) is 9.84. The van der Waals surface area contributed by atoms with E-state index in [0.717, 1.165) is 35.1 Å². The third kappa shape index (κ3) is 4.07. The van der Waals surface area contributed by atoms with Crippen LogP contribution in [0, 0.1) is 6.92 Å². The molecule has 3 aromatic rings. The molecule has 0 spiro atoms. The minimum atomic E-state index is -0.144. The van der Waals surface area contributed by atoms with Crippen LogP contribution in [-0.2, 0) is 0 Å². The molecule has 2 aromatic carbocycles. The van der Waals surface area contributed by atoms with Crippen LogP contribution in [0.5, 0.6) is 5.75 Å². The molecule has 0 N–H and O–H groups in total. The van der Waals surface area contributed by atoms with Crippen molar-refractivity contribution >= 4 is 23.2 Å². The van der Waals surface area contributed by atoms with Crippen molar-refractivity contribution < 1.29 is 14.1 Å². The number of piperazine rings is 1. The number of nitrogens with zero attached hydrogens (tertiary/aromatic N) is 3. The number of aryl methyl sites for hydroxylation is 1. The first kappa shape index (κ1) is 19.3. The summed E-state index contributed by atoms with van der Waals surface area (Å²) in [5.41, 5.74) is 3.74. The van der Waals surface area contributed by atoms with Gasteiger partial charge in [-0.15, -0.1) is 0 Å². The molecule has 29 heavy (non-hydrogen) atoms. The molecule has 1 aliphatic heterocycles. The van der Waals surface area contributed by atoms with E-state index in [-0.39, 0.29) is 11.7 Å². The summed E-state index contributed by atoms with van der Waals surface area (Å²) in [4.78, 5) is 16.9. The molecule has 4 rings (SSSR count). The van der Waals surface area contributed by atoms with Crippen molar-refractivity contribution in [2.45, 2.75) is 6.92 Å². The molecular weight excluding hydrogens is 390 g/mol. The Labute approximate surface area is 174 Å². The summed E-state index contributed by atoms with van der Waals surface area (Å²) in [7, 11) is 1.61. The lowest BCUT2D eigenvalue weighted by molar-refractivity contribution is 0.0705. The van der Waals surface area contributed by atoms with E-state index < -0.39 is 0 Å². The molecule has 0 aliphatic carbocycles. The van der Waals surface area contributed by atoms with Crippen molar-refractivity contribution in [3.05, 3.63) is 64.9 Å². The minimum Gasteiger partial charge on any atom is -0.497 e. The standard InChI is InChI=1S/C22H22ClN3O3/c1-15-6-7-17(23)13-20(15)25-8-10-26(11-9-25)22(27)21-14-19(24-29-21)16-4-3-5-18(12-16)28-2/h3-7,12-14H,8-11H2,1-2H3. The first-order chi connectivity index (χ1) is 14.0. The van der Waals surface area contributed by atoms with Gasteiger partial charge in [0, 0.05) is 48.5 Å². The highest BCUT2D eigenvalue weighted by molar-refractivity contribution is 6.30. The summed E-state index contributed by atoms with van der Waals surface area (Å²) in [6, 6.07) is 15.1. The summed E-state index contributed by atoms with van der Waals surface area (Å²) < 4.78 is 10.6. The molecule has 7 heteroatoms. The van der Waals surface area contributed by atoms with Crippen molar-refractivity contribution in [2.75, 3.05) is 38.2 Å². The number of methoxy groups -OCH3 is 1. The maximum absolute atomic E-state index is 12.9. The van der Waals surface area contributed by atoms with Gasteiger partial charge in [-0.3, -0.25) is 4.79 Å². The van der Waals surface area contributed by atoms with Crippen LogP contribution in [0.1, 0.15) is 16.1 Å². The number of amides is 1. The van der Waals surface area contributed by atoms with Gasteiger partial charge in [0.25, 0.3) is 5.91 Å². The van der Waals surface area contributed by atoms with Crippen molar-refractivity contribution in [3.63, 3.8) is 0 Å². The number of halogens is 1. The fourth-order valence-corrected chi connectivity index (χ4v) is 3.69. The lowest BCUT2D eigenvalue weighted by Gasteiger charge is -2.36. The van der Waals surface area contributed by atoms with Gasteiger partial charge in [0.05, 0.1) is 7.11 Å². The second-order valence-electron chi connectivity index (χ2n) is 7.02. The van der Waals surface area contributed by atoms with Crippen LogP contribution >= 0.6 is 11.6 Å². The molecule has 0 bridgehead atoms. The highest BCUT2D eigenvalue weighted by Crippen LogP contribution is 2.27. The van der Waals surface area contributed by atoms with Crippen LogP contribution < -0.4 is 9.64 Å². The predicted octanol–water partition coefficient (Wildman–Crippen LogP) is 4.27. The fourth-order valence-electron chi connectivity index (χ4n) is 3.52. The minimum absolute atomic E-state index is 0.144. The number of rotatable bonds is 4. The van der Waals surface area contributed by atoms with Crippen LogP contribution in [0.25, 0.3) is 11.3 Å². The average molecular weight is 412 g/mol. The Balaban J connectivity index is 1.44. The van der Waals surface area contributed by atoms with Gasteiger partial charge >= 0.3 is 0 Å². The number of benzene rings is 2. The molecule has 1 aliphatic rings. The number of carbonyl (C=O) groups is 1. The number of anilines is 1. The molecule has 1 saturated heterocycles. The fraction of sp³-hybridized carbons (Fsp3) is 0.273. The van der Waals surface area contributed by atoms with Crippen LogP contribution in [0.15, 0.2) is 53.1 Å². The molecule has 0 atom stereocenters. The van der Waals surface area contributed by atoms with Crippen molar-refractivity contribution in [2.24, 2.45) is 0 Å². The lowest BCUT2D eigenvalue weighted by Crippen LogP contribution is -2.48. The number of carbonyl (C=O) groups excluding carboxylic acids is 1. The van der Waals surface area contributed by atoms with Gasteiger partial charge in [-0.25, -0.2) is 0 Å². The Morgan fingerprint density at radius 2 is 1.90 bits per heavy atom. The summed E-state index contributed by atoms with van der Waals surface area (Å²) in [6.45, 7) is 4.77. The SMILES string of the molecule is COc1cccc(-c2cc(C(=O)N3CCN(c4cc(Cl)ccc4C)CC3)on2)c1. The molecule has 0 unspecified atom stereocenters. The van der Waals surface area contributed by atoms with E-state index in [1.807, 2.05) is 42.5 Å². The van der Waals surface area contributed by atoms with E-state index in [1.165, 1.54) is 5.56 Å². The quantitative estimate of drug-likeness (QED) is 0.641. The normalized spacial score (nSPS) is 14.2. The van der Waals surface area contributed by atoms with E-state index in [0.29, 0.717) is 18.8 Å². The number of hydrogen-bond donors (Lipinski definition) is 0. The van der Waals surface area contributed by atoms with Gasteiger partial charge in [0.15, 0.2) is 0 Å². The average Bonchev–Trinajstić information content (AvgIpc) is 3.25. The highest BCUT2D eigenvalue weighted by atomic mass is 35.5. The molecule has 0 saturated carbocycles. The van der Waals surface area contributed by atoms with E-state index in [4.69, 9.17) is 20.9 Å². The summed E-state index contributed by atoms with van der Waals surface area (Å²) in [5, 5.41) is 4.78. The van der Waals surface area contributed by atoms with E-state index in [9.17, 15) is 4.79 Å². The summed E-state index contributed by atoms with van der Waals surface area (Å²) in [6.07, 6.45) is 0. The Bertz CT molecular complexity index is 1030. The number of aromatic nitrogens is 1. The van der Waals surface area contributed by atoms with Gasteiger partial charge in [0.2, 0.25) is 5.76 Å². The maximum atomic E-state index is 12.9. The van der Waals surface area contributed by atoms with Crippen molar-refractivity contribution in [1.29, 1.82) is 0 Å². The first-order valence-electron chi connectivity index (χ1n) is 9.46.